The Labute approximate surface area is 178 Å². The van der Waals surface area contributed by atoms with Crippen molar-refractivity contribution in [3.63, 3.8) is 0 Å². The van der Waals surface area contributed by atoms with E-state index in [0.717, 1.165) is 25.7 Å². The number of hydrogen-bond acceptors (Lipinski definition) is 3. The summed E-state index contributed by atoms with van der Waals surface area (Å²) >= 11 is 6.22. The fourth-order valence-electron chi connectivity index (χ4n) is 3.42. The molecular weight excluding hydrogens is 408 g/mol. The van der Waals surface area contributed by atoms with Crippen molar-refractivity contribution in [2.24, 2.45) is 0 Å². The molecule has 0 radical (unpaired) electrons. The normalized spacial score (nSPS) is 15.9. The van der Waals surface area contributed by atoms with Crippen LogP contribution in [-0.4, -0.2) is 31.7 Å². The molecule has 1 amide bonds. The molecule has 1 N–H and O–H groups in total. The van der Waals surface area contributed by atoms with Crippen LogP contribution in [0.3, 0.4) is 0 Å². The molecule has 0 bridgehead atoms. The van der Waals surface area contributed by atoms with E-state index < -0.39 is 15.9 Å². The van der Waals surface area contributed by atoms with Gasteiger partial charge in [0.25, 0.3) is 5.91 Å². The maximum atomic E-state index is 13.0. The molecule has 3 rings (SSSR count). The molecule has 1 saturated heterocycles. The summed E-state index contributed by atoms with van der Waals surface area (Å²) in [5.74, 6) is -0.0321. The Hall–Kier alpha value is -1.89. The number of rotatable bonds is 5. The predicted octanol–water partition coefficient (Wildman–Crippen LogP) is 5.28. The van der Waals surface area contributed by atoms with Crippen LogP contribution in [0.1, 0.15) is 61.4 Å². The third-order valence-corrected chi connectivity index (χ3v) is 7.44. The average Bonchev–Trinajstić information content (AvgIpc) is 2.98. The summed E-state index contributed by atoms with van der Waals surface area (Å²) in [5.41, 5.74) is 1.96. The summed E-state index contributed by atoms with van der Waals surface area (Å²) in [5, 5.41) is 3.02. The highest BCUT2D eigenvalue weighted by molar-refractivity contribution is 7.89. The van der Waals surface area contributed by atoms with Crippen molar-refractivity contribution >= 4 is 33.2 Å². The molecule has 0 spiro atoms. The zero-order chi connectivity index (χ0) is 21.0. The second-order valence-corrected chi connectivity index (χ2v) is 10.0. The minimum atomic E-state index is -3.65. The zero-order valence-electron chi connectivity index (χ0n) is 16.8. The molecule has 29 heavy (non-hydrogen) atoms. The van der Waals surface area contributed by atoms with Crippen molar-refractivity contribution in [1.29, 1.82) is 0 Å². The molecule has 156 valence electrons. The Balaban J connectivity index is 1.83. The molecule has 0 unspecified atom stereocenters. The molecule has 0 atom stereocenters. The van der Waals surface area contributed by atoms with Crippen LogP contribution in [0, 0.1) is 0 Å². The van der Waals surface area contributed by atoms with Crippen LogP contribution < -0.4 is 5.32 Å². The Bertz CT molecular complexity index is 964. The highest BCUT2D eigenvalue weighted by atomic mass is 35.5. The molecule has 5 nitrogen and oxygen atoms in total. The van der Waals surface area contributed by atoms with Gasteiger partial charge >= 0.3 is 0 Å². The van der Waals surface area contributed by atoms with Gasteiger partial charge in [0.05, 0.1) is 15.5 Å². The van der Waals surface area contributed by atoms with E-state index >= 15 is 0 Å². The van der Waals surface area contributed by atoms with E-state index in [-0.39, 0.29) is 15.5 Å². The van der Waals surface area contributed by atoms with Gasteiger partial charge in [-0.2, -0.15) is 4.31 Å². The summed E-state index contributed by atoms with van der Waals surface area (Å²) in [6.07, 6.45) is 3.78. The quantitative estimate of drug-likeness (QED) is 0.696. The van der Waals surface area contributed by atoms with Crippen LogP contribution in [0.25, 0.3) is 0 Å². The summed E-state index contributed by atoms with van der Waals surface area (Å²) in [7, 11) is -3.65. The average molecular weight is 435 g/mol. The Morgan fingerprint density at radius 3 is 2.21 bits per heavy atom. The van der Waals surface area contributed by atoms with Crippen LogP contribution in [0.15, 0.2) is 47.4 Å². The summed E-state index contributed by atoms with van der Waals surface area (Å²) in [6, 6.07) is 11.9. The van der Waals surface area contributed by atoms with Gasteiger partial charge < -0.3 is 5.32 Å². The molecule has 1 aliphatic heterocycles. The lowest BCUT2D eigenvalue weighted by Gasteiger charge is -2.20. The van der Waals surface area contributed by atoms with Crippen LogP contribution in [0.4, 0.5) is 5.69 Å². The SMILES string of the molecule is CC(C)c1ccc(NC(=O)c2cc(S(=O)(=O)N3CCCCCC3)ccc2Cl)cc1. The maximum Gasteiger partial charge on any atom is 0.257 e. The summed E-state index contributed by atoms with van der Waals surface area (Å²) in [4.78, 5) is 12.9. The van der Waals surface area contributed by atoms with E-state index in [1.54, 1.807) is 0 Å². The molecule has 2 aromatic rings. The number of sulfonamides is 1. The van der Waals surface area contributed by atoms with Gasteiger partial charge in [0.15, 0.2) is 0 Å². The largest absolute Gasteiger partial charge is 0.322 e. The highest BCUT2D eigenvalue weighted by Crippen LogP contribution is 2.26. The standard InChI is InChI=1S/C22H27ClN2O3S/c1-16(2)17-7-9-18(10-8-17)24-22(26)20-15-19(11-12-21(20)23)29(27,28)25-13-5-3-4-6-14-25/h7-12,15-16H,3-6,13-14H2,1-2H3,(H,24,26). The molecule has 0 aliphatic carbocycles. The Morgan fingerprint density at radius 1 is 1.00 bits per heavy atom. The Morgan fingerprint density at radius 2 is 1.62 bits per heavy atom. The smallest absolute Gasteiger partial charge is 0.257 e. The molecule has 1 heterocycles. The zero-order valence-corrected chi connectivity index (χ0v) is 18.4. The van der Waals surface area contributed by atoms with E-state index in [2.05, 4.69) is 19.2 Å². The van der Waals surface area contributed by atoms with E-state index in [9.17, 15) is 13.2 Å². The van der Waals surface area contributed by atoms with E-state index in [1.807, 2.05) is 24.3 Å². The number of hydrogen-bond donors (Lipinski definition) is 1. The second kappa shape index (κ2) is 9.28. The topological polar surface area (TPSA) is 66.5 Å². The van der Waals surface area contributed by atoms with Crippen molar-refractivity contribution in [1.82, 2.24) is 4.31 Å². The second-order valence-electron chi connectivity index (χ2n) is 7.69. The number of benzene rings is 2. The van der Waals surface area contributed by atoms with Crippen molar-refractivity contribution in [3.05, 3.63) is 58.6 Å². The highest BCUT2D eigenvalue weighted by Gasteiger charge is 2.26. The first-order valence-corrected chi connectivity index (χ1v) is 11.8. The van der Waals surface area contributed by atoms with Gasteiger partial charge in [-0.1, -0.05) is 50.4 Å². The number of amides is 1. The van der Waals surface area contributed by atoms with Gasteiger partial charge in [0.2, 0.25) is 10.0 Å². The molecule has 2 aromatic carbocycles. The molecule has 0 aromatic heterocycles. The molecular formula is C22H27ClN2O3S. The lowest BCUT2D eigenvalue weighted by molar-refractivity contribution is 0.102. The van der Waals surface area contributed by atoms with Crippen molar-refractivity contribution in [2.45, 2.75) is 50.3 Å². The number of nitrogens with zero attached hydrogens (tertiary/aromatic N) is 1. The molecule has 1 fully saturated rings. The number of carbonyl (C=O) groups excluding carboxylic acids is 1. The van der Waals surface area contributed by atoms with Crippen molar-refractivity contribution in [3.8, 4) is 0 Å². The minimum absolute atomic E-state index is 0.101. The van der Waals surface area contributed by atoms with Crippen LogP contribution in [0.2, 0.25) is 5.02 Å². The van der Waals surface area contributed by atoms with Crippen LogP contribution in [0.5, 0.6) is 0 Å². The fourth-order valence-corrected chi connectivity index (χ4v) is 5.17. The minimum Gasteiger partial charge on any atom is -0.322 e. The number of anilines is 1. The van der Waals surface area contributed by atoms with E-state index in [1.165, 1.54) is 28.1 Å². The van der Waals surface area contributed by atoms with Crippen molar-refractivity contribution < 1.29 is 13.2 Å². The van der Waals surface area contributed by atoms with Crippen molar-refractivity contribution in [2.75, 3.05) is 18.4 Å². The van der Waals surface area contributed by atoms with Gasteiger partial charge in [-0.25, -0.2) is 8.42 Å². The van der Waals surface area contributed by atoms with Gasteiger partial charge in [-0.05, 0) is 54.7 Å². The molecule has 0 saturated carbocycles. The third kappa shape index (κ3) is 5.18. The monoisotopic (exact) mass is 434 g/mol. The summed E-state index contributed by atoms with van der Waals surface area (Å²) in [6.45, 7) is 5.22. The van der Waals surface area contributed by atoms with Gasteiger partial charge in [-0.15, -0.1) is 0 Å². The van der Waals surface area contributed by atoms with Gasteiger partial charge in [0, 0.05) is 18.8 Å². The molecule has 7 heteroatoms. The first-order chi connectivity index (χ1) is 13.8. The van der Waals surface area contributed by atoms with Crippen LogP contribution >= 0.6 is 11.6 Å². The third-order valence-electron chi connectivity index (χ3n) is 5.22. The summed E-state index contributed by atoms with van der Waals surface area (Å²) < 4.78 is 27.6. The lowest BCUT2D eigenvalue weighted by atomic mass is 10.0. The Kier molecular flexibility index (Phi) is 6.98. The van der Waals surface area contributed by atoms with Gasteiger partial charge in [0.1, 0.15) is 0 Å². The number of nitrogens with one attached hydrogen (secondary N) is 1. The predicted molar refractivity (Wildman–Crippen MR) is 117 cm³/mol. The maximum absolute atomic E-state index is 13.0. The van der Waals surface area contributed by atoms with Gasteiger partial charge in [-0.3, -0.25) is 4.79 Å². The number of halogens is 1. The van der Waals surface area contributed by atoms with Crippen LogP contribution in [-0.2, 0) is 10.0 Å². The van der Waals surface area contributed by atoms with E-state index in [4.69, 9.17) is 11.6 Å². The fraction of sp³-hybridized carbons (Fsp3) is 0.409. The first-order valence-electron chi connectivity index (χ1n) is 10.00. The molecule has 1 aliphatic rings. The number of carbonyl (C=O) groups is 1. The lowest BCUT2D eigenvalue weighted by Crippen LogP contribution is -2.32. The first kappa shape index (κ1) is 21.8. The van der Waals surface area contributed by atoms with E-state index in [0.29, 0.717) is 24.7 Å².